The molecule has 2 aromatic carbocycles. The first-order valence-corrected chi connectivity index (χ1v) is 10.3. The maximum absolute atomic E-state index is 13.1. The predicted molar refractivity (Wildman–Crippen MR) is 104 cm³/mol. The van der Waals surface area contributed by atoms with Crippen LogP contribution in [0.4, 0.5) is 18.0 Å². The zero-order chi connectivity index (χ0) is 21.7. The number of fused-ring (bicyclic) bond motifs is 3. The Hall–Kier alpha value is -2.74. The van der Waals surface area contributed by atoms with E-state index in [2.05, 4.69) is 0 Å². The molecule has 8 heteroatoms. The summed E-state index contributed by atoms with van der Waals surface area (Å²) in [7, 11) is 0. The van der Waals surface area contributed by atoms with E-state index in [1.807, 2.05) is 30.3 Å². The molecule has 2 spiro atoms. The Kier molecular flexibility index (Phi) is 4.66. The lowest BCUT2D eigenvalue weighted by Crippen LogP contribution is -2.44. The number of carbonyl (C=O) groups excluding carboxylic acids is 1. The zero-order valence-electron chi connectivity index (χ0n) is 16.8. The molecule has 3 aliphatic heterocycles. The molecule has 2 saturated heterocycles. The van der Waals surface area contributed by atoms with Crippen LogP contribution in [0.25, 0.3) is 0 Å². The van der Waals surface area contributed by atoms with Crippen molar-refractivity contribution in [2.45, 2.75) is 43.2 Å². The Balaban J connectivity index is 1.25. The molecule has 164 valence electrons. The van der Waals surface area contributed by atoms with Crippen LogP contribution in [-0.4, -0.2) is 36.3 Å². The van der Waals surface area contributed by atoms with Crippen LogP contribution in [-0.2, 0) is 27.9 Å². The van der Waals surface area contributed by atoms with Crippen LogP contribution in [0.3, 0.4) is 0 Å². The zero-order valence-corrected chi connectivity index (χ0v) is 16.8. The number of carbonyl (C=O) groups is 1. The molecule has 0 aliphatic carbocycles. The van der Waals surface area contributed by atoms with Crippen molar-refractivity contribution in [2.75, 3.05) is 19.7 Å². The quantitative estimate of drug-likeness (QED) is 0.634. The van der Waals surface area contributed by atoms with Gasteiger partial charge in [-0.05, 0) is 30.5 Å². The summed E-state index contributed by atoms with van der Waals surface area (Å²) in [5, 5.41) is 0. The number of piperidine rings is 1. The SMILES string of the molecule is O=C(OCc1ccccc1)N1CCC2(CC1)OC21CCOc2cc(C(F)(F)F)ccc21. The molecule has 0 saturated carbocycles. The van der Waals surface area contributed by atoms with Crippen LogP contribution < -0.4 is 4.74 Å². The van der Waals surface area contributed by atoms with Crippen molar-refractivity contribution in [3.8, 4) is 5.75 Å². The van der Waals surface area contributed by atoms with Gasteiger partial charge in [-0.1, -0.05) is 36.4 Å². The van der Waals surface area contributed by atoms with Gasteiger partial charge in [0, 0.05) is 25.1 Å². The normalized spacial score (nSPS) is 23.9. The number of nitrogens with zero attached hydrogens (tertiary/aromatic N) is 1. The van der Waals surface area contributed by atoms with Crippen molar-refractivity contribution in [3.63, 3.8) is 0 Å². The van der Waals surface area contributed by atoms with E-state index in [4.69, 9.17) is 14.2 Å². The number of benzene rings is 2. The van der Waals surface area contributed by atoms with Gasteiger partial charge in [0.25, 0.3) is 0 Å². The molecular weight excluding hydrogens is 411 g/mol. The third-order valence-electron chi connectivity index (χ3n) is 6.55. The van der Waals surface area contributed by atoms with Gasteiger partial charge in [-0.2, -0.15) is 13.2 Å². The number of hydrogen-bond acceptors (Lipinski definition) is 4. The molecular formula is C23H22F3NO4. The fraction of sp³-hybridized carbons (Fsp3) is 0.435. The third kappa shape index (κ3) is 3.43. The lowest BCUT2D eigenvalue weighted by atomic mass is 9.77. The number of halogens is 3. The van der Waals surface area contributed by atoms with Crippen molar-refractivity contribution in [1.82, 2.24) is 4.90 Å². The lowest BCUT2D eigenvalue weighted by molar-refractivity contribution is -0.137. The molecule has 3 heterocycles. The molecule has 1 unspecified atom stereocenters. The van der Waals surface area contributed by atoms with E-state index in [0.717, 1.165) is 17.7 Å². The van der Waals surface area contributed by atoms with E-state index in [1.165, 1.54) is 6.07 Å². The minimum Gasteiger partial charge on any atom is -0.493 e. The predicted octanol–water partition coefficient (Wildman–Crippen LogP) is 4.88. The first kappa shape index (κ1) is 20.2. The van der Waals surface area contributed by atoms with Crippen molar-refractivity contribution in [1.29, 1.82) is 0 Å². The van der Waals surface area contributed by atoms with Crippen LogP contribution in [0.2, 0.25) is 0 Å². The second-order valence-corrected chi connectivity index (χ2v) is 8.26. The van der Waals surface area contributed by atoms with E-state index in [0.29, 0.717) is 44.5 Å². The highest BCUT2D eigenvalue weighted by molar-refractivity contribution is 5.68. The number of alkyl halides is 3. The molecule has 5 rings (SSSR count). The maximum Gasteiger partial charge on any atom is 0.416 e. The topological polar surface area (TPSA) is 51.3 Å². The van der Waals surface area contributed by atoms with Crippen molar-refractivity contribution >= 4 is 6.09 Å². The van der Waals surface area contributed by atoms with Gasteiger partial charge in [-0.3, -0.25) is 0 Å². The Bertz CT molecular complexity index is 986. The Morgan fingerprint density at radius 2 is 1.81 bits per heavy atom. The van der Waals surface area contributed by atoms with Gasteiger partial charge in [-0.25, -0.2) is 4.79 Å². The molecule has 0 bridgehead atoms. The summed E-state index contributed by atoms with van der Waals surface area (Å²) in [5.74, 6) is 0.239. The number of rotatable bonds is 2. The summed E-state index contributed by atoms with van der Waals surface area (Å²) in [6, 6.07) is 13.1. The number of hydrogen-bond donors (Lipinski definition) is 0. The molecule has 0 aromatic heterocycles. The summed E-state index contributed by atoms with van der Waals surface area (Å²) >= 11 is 0. The largest absolute Gasteiger partial charge is 0.493 e. The average molecular weight is 433 g/mol. The first-order chi connectivity index (χ1) is 14.8. The fourth-order valence-electron chi connectivity index (χ4n) is 4.85. The number of amides is 1. The summed E-state index contributed by atoms with van der Waals surface area (Å²) in [5.41, 5.74) is -0.238. The molecule has 1 amide bonds. The molecule has 2 aromatic rings. The lowest BCUT2D eigenvalue weighted by Gasteiger charge is -2.33. The van der Waals surface area contributed by atoms with Crippen LogP contribution in [0.15, 0.2) is 48.5 Å². The van der Waals surface area contributed by atoms with Gasteiger partial charge in [-0.15, -0.1) is 0 Å². The minimum absolute atomic E-state index is 0.216. The summed E-state index contributed by atoms with van der Waals surface area (Å²) in [6.45, 7) is 1.48. The van der Waals surface area contributed by atoms with Crippen molar-refractivity contribution in [2.24, 2.45) is 0 Å². The van der Waals surface area contributed by atoms with Crippen LogP contribution in [0, 0.1) is 0 Å². The Morgan fingerprint density at radius 1 is 1.06 bits per heavy atom. The van der Waals surface area contributed by atoms with E-state index >= 15 is 0 Å². The highest BCUT2D eigenvalue weighted by Crippen LogP contribution is 2.65. The molecule has 1 atom stereocenters. The average Bonchev–Trinajstić information content (AvgIpc) is 3.37. The van der Waals surface area contributed by atoms with E-state index in [1.54, 1.807) is 4.90 Å². The second kappa shape index (κ2) is 7.15. The smallest absolute Gasteiger partial charge is 0.416 e. The standard InChI is InChI=1S/C23H22F3NO4/c24-23(25,26)17-6-7-18-19(14-17)29-13-10-22(18)21(31-22)8-11-27(12-9-21)20(28)30-15-16-4-2-1-3-5-16/h1-7,14H,8-13,15H2. The van der Waals surface area contributed by atoms with Crippen LogP contribution >= 0.6 is 0 Å². The molecule has 31 heavy (non-hydrogen) atoms. The minimum atomic E-state index is -4.42. The van der Waals surface area contributed by atoms with E-state index in [-0.39, 0.29) is 18.4 Å². The van der Waals surface area contributed by atoms with Gasteiger partial charge < -0.3 is 19.1 Å². The highest BCUT2D eigenvalue weighted by atomic mass is 19.4. The van der Waals surface area contributed by atoms with E-state index < -0.39 is 22.9 Å². The van der Waals surface area contributed by atoms with Gasteiger partial charge in [0.15, 0.2) is 0 Å². The monoisotopic (exact) mass is 433 g/mol. The maximum atomic E-state index is 13.1. The molecule has 3 aliphatic rings. The number of ether oxygens (including phenoxy) is 3. The van der Waals surface area contributed by atoms with Gasteiger partial charge in [0.2, 0.25) is 0 Å². The Labute approximate surface area is 177 Å². The number of likely N-dealkylation sites (tertiary alicyclic amines) is 1. The highest BCUT2D eigenvalue weighted by Gasteiger charge is 2.72. The summed E-state index contributed by atoms with van der Waals surface area (Å²) < 4.78 is 56.4. The molecule has 5 nitrogen and oxygen atoms in total. The summed E-state index contributed by atoms with van der Waals surface area (Å²) in [6.07, 6.45) is -2.99. The van der Waals surface area contributed by atoms with Gasteiger partial charge in [0.05, 0.1) is 12.2 Å². The Morgan fingerprint density at radius 3 is 2.52 bits per heavy atom. The van der Waals surface area contributed by atoms with Gasteiger partial charge in [0.1, 0.15) is 23.6 Å². The molecule has 0 N–H and O–H groups in total. The molecule has 0 radical (unpaired) electrons. The van der Waals surface area contributed by atoms with Crippen molar-refractivity contribution in [3.05, 3.63) is 65.2 Å². The first-order valence-electron chi connectivity index (χ1n) is 10.3. The third-order valence-corrected chi connectivity index (χ3v) is 6.55. The van der Waals surface area contributed by atoms with E-state index in [9.17, 15) is 18.0 Å². The number of epoxide rings is 1. The van der Waals surface area contributed by atoms with Crippen LogP contribution in [0.1, 0.15) is 36.0 Å². The second-order valence-electron chi connectivity index (χ2n) is 8.26. The van der Waals surface area contributed by atoms with Crippen molar-refractivity contribution < 1.29 is 32.2 Å². The van der Waals surface area contributed by atoms with Crippen LogP contribution in [0.5, 0.6) is 5.75 Å². The molecule has 2 fully saturated rings. The summed E-state index contributed by atoms with van der Waals surface area (Å²) in [4.78, 5) is 14.1. The fourth-order valence-corrected chi connectivity index (χ4v) is 4.85. The van der Waals surface area contributed by atoms with Gasteiger partial charge >= 0.3 is 12.3 Å².